The lowest BCUT2D eigenvalue weighted by Gasteiger charge is -2.12. The van der Waals surface area contributed by atoms with Crippen LogP contribution in [0, 0.1) is 6.92 Å². The van der Waals surface area contributed by atoms with E-state index >= 15 is 0 Å². The van der Waals surface area contributed by atoms with Crippen molar-refractivity contribution in [1.82, 2.24) is 5.32 Å². The highest BCUT2D eigenvalue weighted by Gasteiger charge is 2.10. The second-order valence-corrected chi connectivity index (χ2v) is 5.92. The van der Waals surface area contributed by atoms with E-state index in [0.717, 1.165) is 5.56 Å². The molecule has 19 heavy (non-hydrogen) atoms. The fourth-order valence-corrected chi connectivity index (χ4v) is 1.95. The molecule has 0 aliphatic heterocycles. The van der Waals surface area contributed by atoms with Crippen molar-refractivity contribution in [1.29, 1.82) is 0 Å². The Labute approximate surface area is 120 Å². The van der Waals surface area contributed by atoms with Gasteiger partial charge in [-0.2, -0.15) is 0 Å². The van der Waals surface area contributed by atoms with Gasteiger partial charge in [-0.05, 0) is 18.6 Å². The summed E-state index contributed by atoms with van der Waals surface area (Å²) in [6.07, 6.45) is 1.59. The Balaban J connectivity index is 2.68. The highest BCUT2D eigenvalue weighted by molar-refractivity contribution is 7.84. The van der Waals surface area contributed by atoms with Gasteiger partial charge < -0.3 is 15.4 Å². The third-order valence-corrected chi connectivity index (χ3v) is 3.59. The number of urea groups is 1. The third kappa shape index (κ3) is 5.08. The number of methoxy groups -OCH3 is 1. The number of aryl methyl sites for hydroxylation is 1. The molecule has 0 bridgehead atoms. The van der Waals surface area contributed by atoms with Crippen molar-refractivity contribution in [2.24, 2.45) is 0 Å². The Hall–Kier alpha value is -1.27. The second-order valence-electron chi connectivity index (χ2n) is 3.96. The van der Waals surface area contributed by atoms with E-state index in [4.69, 9.17) is 16.3 Å². The summed E-state index contributed by atoms with van der Waals surface area (Å²) in [4.78, 5) is 11.6. The van der Waals surface area contributed by atoms with Crippen molar-refractivity contribution in [3.63, 3.8) is 0 Å². The normalized spacial score (nSPS) is 11.8. The van der Waals surface area contributed by atoms with Crippen LogP contribution in [-0.4, -0.2) is 35.9 Å². The predicted octanol–water partition coefficient (Wildman–Crippen LogP) is 2.16. The first-order valence-corrected chi connectivity index (χ1v) is 7.73. The molecule has 1 rings (SSSR count). The molecule has 1 unspecified atom stereocenters. The highest BCUT2D eigenvalue weighted by atomic mass is 35.5. The van der Waals surface area contributed by atoms with Gasteiger partial charge in [0.05, 0.1) is 12.8 Å². The number of rotatable bonds is 5. The van der Waals surface area contributed by atoms with Crippen LogP contribution in [0.25, 0.3) is 0 Å². The molecule has 0 aromatic heterocycles. The Bertz CT molecular complexity index is 494. The summed E-state index contributed by atoms with van der Waals surface area (Å²) in [5, 5.41) is 5.86. The summed E-state index contributed by atoms with van der Waals surface area (Å²) in [5.74, 6) is 0.911. The molecule has 0 spiro atoms. The van der Waals surface area contributed by atoms with E-state index < -0.39 is 10.8 Å². The zero-order valence-corrected chi connectivity index (χ0v) is 12.7. The number of hydrogen-bond donors (Lipinski definition) is 2. The molecule has 1 aromatic rings. The van der Waals surface area contributed by atoms with Crippen LogP contribution in [0.2, 0.25) is 5.02 Å². The van der Waals surface area contributed by atoms with Crippen molar-refractivity contribution in [2.45, 2.75) is 6.92 Å². The quantitative estimate of drug-likeness (QED) is 0.876. The fraction of sp³-hybridized carbons (Fsp3) is 0.417. The van der Waals surface area contributed by atoms with Gasteiger partial charge in [0.2, 0.25) is 0 Å². The van der Waals surface area contributed by atoms with Crippen molar-refractivity contribution in [3.8, 4) is 5.75 Å². The molecule has 0 radical (unpaired) electrons. The molecule has 5 nitrogen and oxygen atoms in total. The summed E-state index contributed by atoms with van der Waals surface area (Å²) in [7, 11) is 0.578. The summed E-state index contributed by atoms with van der Waals surface area (Å²) in [6.45, 7) is 2.19. The lowest BCUT2D eigenvalue weighted by Crippen LogP contribution is -2.31. The molecule has 2 amide bonds. The maximum absolute atomic E-state index is 11.6. The SMILES string of the molecule is COc1cc(Cl)c(C)cc1NC(=O)NCCS(C)=O. The van der Waals surface area contributed by atoms with Crippen molar-refractivity contribution >= 4 is 34.1 Å². The third-order valence-electron chi connectivity index (χ3n) is 2.40. The van der Waals surface area contributed by atoms with Crippen LogP contribution in [0.1, 0.15) is 5.56 Å². The van der Waals surface area contributed by atoms with Crippen LogP contribution in [-0.2, 0) is 10.8 Å². The molecule has 0 fully saturated rings. The van der Waals surface area contributed by atoms with E-state index in [9.17, 15) is 9.00 Å². The molecular formula is C12H17ClN2O3S. The molecule has 1 atom stereocenters. The minimum atomic E-state index is -0.926. The first-order chi connectivity index (χ1) is 8.93. The summed E-state index contributed by atoms with van der Waals surface area (Å²) in [5.41, 5.74) is 1.38. The minimum Gasteiger partial charge on any atom is -0.495 e. The van der Waals surface area contributed by atoms with Crippen molar-refractivity contribution < 1.29 is 13.7 Å². The number of carbonyl (C=O) groups is 1. The molecular weight excluding hydrogens is 288 g/mol. The average Bonchev–Trinajstić information content (AvgIpc) is 2.33. The second kappa shape index (κ2) is 7.35. The molecule has 106 valence electrons. The van der Waals surface area contributed by atoms with Crippen LogP contribution in [0.3, 0.4) is 0 Å². The number of hydrogen-bond acceptors (Lipinski definition) is 3. The maximum Gasteiger partial charge on any atom is 0.319 e. The predicted molar refractivity (Wildman–Crippen MR) is 78.7 cm³/mol. The van der Waals surface area contributed by atoms with E-state index in [1.807, 2.05) is 6.92 Å². The van der Waals surface area contributed by atoms with E-state index in [1.54, 1.807) is 18.4 Å². The molecule has 0 aliphatic rings. The largest absolute Gasteiger partial charge is 0.495 e. The summed E-state index contributed by atoms with van der Waals surface area (Å²) in [6, 6.07) is 3.01. The van der Waals surface area contributed by atoms with Gasteiger partial charge in [-0.1, -0.05) is 11.6 Å². The van der Waals surface area contributed by atoms with E-state index in [2.05, 4.69) is 10.6 Å². The van der Waals surface area contributed by atoms with Crippen LogP contribution in [0.5, 0.6) is 5.75 Å². The van der Waals surface area contributed by atoms with Crippen LogP contribution in [0.4, 0.5) is 10.5 Å². The number of ether oxygens (including phenoxy) is 1. The summed E-state index contributed by atoms with van der Waals surface area (Å²) >= 11 is 5.98. The van der Waals surface area contributed by atoms with Crippen molar-refractivity contribution in [3.05, 3.63) is 22.7 Å². The summed E-state index contributed by atoms with van der Waals surface area (Å²) < 4.78 is 16.0. The van der Waals surface area contributed by atoms with Crippen molar-refractivity contribution in [2.75, 3.05) is 31.0 Å². The fourth-order valence-electron chi connectivity index (χ4n) is 1.40. The van der Waals surface area contributed by atoms with Crippen LogP contribution < -0.4 is 15.4 Å². The zero-order chi connectivity index (χ0) is 14.4. The van der Waals surface area contributed by atoms with E-state index in [0.29, 0.717) is 28.8 Å². The molecule has 0 aliphatic carbocycles. The monoisotopic (exact) mass is 304 g/mol. The molecule has 2 N–H and O–H groups in total. The molecule has 0 saturated carbocycles. The smallest absolute Gasteiger partial charge is 0.319 e. The van der Waals surface area contributed by atoms with Gasteiger partial charge in [0.25, 0.3) is 0 Å². The maximum atomic E-state index is 11.6. The highest BCUT2D eigenvalue weighted by Crippen LogP contribution is 2.30. The van der Waals surface area contributed by atoms with Crippen LogP contribution in [0.15, 0.2) is 12.1 Å². The van der Waals surface area contributed by atoms with Crippen LogP contribution >= 0.6 is 11.6 Å². The standard InChI is InChI=1S/C12H17ClN2O3S/c1-8-6-10(11(18-2)7-9(8)13)15-12(16)14-4-5-19(3)17/h6-7H,4-5H2,1-3H3,(H2,14,15,16). The number of benzene rings is 1. The Morgan fingerprint density at radius 3 is 2.74 bits per heavy atom. The first kappa shape index (κ1) is 15.8. The Morgan fingerprint density at radius 2 is 2.16 bits per heavy atom. The Kier molecular flexibility index (Phi) is 6.11. The van der Waals surface area contributed by atoms with Gasteiger partial charge in [-0.15, -0.1) is 0 Å². The minimum absolute atomic E-state index is 0.351. The number of carbonyl (C=O) groups excluding carboxylic acids is 1. The van der Waals surface area contributed by atoms with Gasteiger partial charge in [0.15, 0.2) is 0 Å². The lowest BCUT2D eigenvalue weighted by atomic mass is 10.2. The number of halogens is 1. The lowest BCUT2D eigenvalue weighted by molar-refractivity contribution is 0.252. The average molecular weight is 305 g/mol. The molecule has 1 aromatic carbocycles. The first-order valence-electron chi connectivity index (χ1n) is 5.63. The number of nitrogens with one attached hydrogen (secondary N) is 2. The van der Waals surface area contributed by atoms with Gasteiger partial charge in [-0.25, -0.2) is 4.79 Å². The van der Waals surface area contributed by atoms with E-state index in [1.165, 1.54) is 7.11 Å². The van der Waals surface area contributed by atoms with Gasteiger partial charge in [0.1, 0.15) is 5.75 Å². The molecule has 0 saturated heterocycles. The molecule has 0 heterocycles. The Morgan fingerprint density at radius 1 is 1.47 bits per heavy atom. The number of amides is 2. The van der Waals surface area contributed by atoms with Gasteiger partial charge >= 0.3 is 6.03 Å². The zero-order valence-electron chi connectivity index (χ0n) is 11.1. The molecule has 7 heteroatoms. The van der Waals surface area contributed by atoms with E-state index in [-0.39, 0.29) is 6.03 Å². The topological polar surface area (TPSA) is 67.4 Å². The number of anilines is 1. The van der Waals surface area contributed by atoms with Gasteiger partial charge in [-0.3, -0.25) is 4.21 Å². The van der Waals surface area contributed by atoms with Gasteiger partial charge in [0, 0.05) is 40.4 Å².